The summed E-state index contributed by atoms with van der Waals surface area (Å²) in [5.41, 5.74) is 2.14. The molecule has 1 fully saturated rings. The summed E-state index contributed by atoms with van der Waals surface area (Å²) in [7, 11) is 1.78. The first-order valence-corrected chi connectivity index (χ1v) is 6.68. The lowest BCUT2D eigenvalue weighted by Crippen LogP contribution is -2.44. The van der Waals surface area contributed by atoms with Crippen molar-refractivity contribution in [1.82, 2.24) is 0 Å². The fourth-order valence-electron chi connectivity index (χ4n) is 2.69. The zero-order valence-electron chi connectivity index (χ0n) is 11.5. The molecule has 1 aliphatic rings. The maximum Gasteiger partial charge on any atom is 0.0781 e. The van der Waals surface area contributed by atoms with Gasteiger partial charge in [0.25, 0.3) is 0 Å². The summed E-state index contributed by atoms with van der Waals surface area (Å²) in [6.07, 6.45) is 0.981. The average molecular weight is 249 g/mol. The molecule has 100 valence electrons. The second-order valence-corrected chi connectivity index (χ2v) is 5.22. The Morgan fingerprint density at radius 2 is 2.11 bits per heavy atom. The average Bonchev–Trinajstić information content (AvgIpc) is 2.39. The van der Waals surface area contributed by atoms with Gasteiger partial charge in [-0.1, -0.05) is 25.1 Å². The molecule has 3 atom stereocenters. The highest BCUT2D eigenvalue weighted by atomic mass is 16.5. The van der Waals surface area contributed by atoms with Gasteiger partial charge in [0.2, 0.25) is 0 Å². The van der Waals surface area contributed by atoms with Crippen molar-refractivity contribution in [2.75, 3.05) is 25.1 Å². The Morgan fingerprint density at radius 3 is 2.78 bits per heavy atom. The van der Waals surface area contributed by atoms with Crippen LogP contribution in [-0.4, -0.2) is 31.4 Å². The van der Waals surface area contributed by atoms with Crippen molar-refractivity contribution in [3.05, 3.63) is 29.8 Å². The van der Waals surface area contributed by atoms with Crippen molar-refractivity contribution in [2.45, 2.75) is 32.5 Å². The van der Waals surface area contributed by atoms with Gasteiger partial charge < -0.3 is 14.7 Å². The molecule has 1 heterocycles. The van der Waals surface area contributed by atoms with Crippen molar-refractivity contribution >= 4 is 5.69 Å². The first kappa shape index (κ1) is 13.4. The molecule has 3 nitrogen and oxygen atoms in total. The lowest BCUT2D eigenvalue weighted by molar-refractivity contribution is 0.0497. The van der Waals surface area contributed by atoms with E-state index in [0.29, 0.717) is 5.92 Å². The molecule has 1 aromatic carbocycles. The Balaban J connectivity index is 2.21. The van der Waals surface area contributed by atoms with Gasteiger partial charge in [0, 0.05) is 31.5 Å². The van der Waals surface area contributed by atoms with Gasteiger partial charge in [-0.05, 0) is 25.3 Å². The molecule has 0 aromatic heterocycles. The summed E-state index contributed by atoms with van der Waals surface area (Å²) in [5.74, 6) is 0.602. The number of hydrogen-bond acceptors (Lipinski definition) is 3. The molecule has 18 heavy (non-hydrogen) atoms. The Bertz CT molecular complexity index is 392. The van der Waals surface area contributed by atoms with Gasteiger partial charge in [-0.3, -0.25) is 0 Å². The maximum absolute atomic E-state index is 9.85. The molecular formula is C15H23NO2. The van der Waals surface area contributed by atoms with E-state index in [1.54, 1.807) is 7.11 Å². The van der Waals surface area contributed by atoms with E-state index >= 15 is 0 Å². The molecule has 1 aromatic rings. The van der Waals surface area contributed by atoms with Crippen LogP contribution >= 0.6 is 0 Å². The van der Waals surface area contributed by atoms with Gasteiger partial charge in [0.1, 0.15) is 0 Å². The lowest BCUT2D eigenvalue weighted by atomic mass is 9.94. The fraction of sp³-hybridized carbons (Fsp3) is 0.600. The zero-order chi connectivity index (χ0) is 13.1. The Hall–Kier alpha value is -1.06. The van der Waals surface area contributed by atoms with Crippen LogP contribution in [0.15, 0.2) is 24.3 Å². The van der Waals surface area contributed by atoms with E-state index in [4.69, 9.17) is 4.74 Å². The number of aliphatic hydroxyl groups is 1. The highest BCUT2D eigenvalue weighted by Gasteiger charge is 2.27. The first-order chi connectivity index (χ1) is 8.63. The molecule has 1 saturated heterocycles. The number of rotatable bonds is 3. The first-order valence-electron chi connectivity index (χ1n) is 6.68. The minimum absolute atomic E-state index is 0.279. The quantitative estimate of drug-likeness (QED) is 0.893. The number of benzene rings is 1. The van der Waals surface area contributed by atoms with Crippen molar-refractivity contribution < 1.29 is 9.84 Å². The molecule has 3 heteroatoms. The van der Waals surface area contributed by atoms with E-state index in [1.807, 2.05) is 25.1 Å². The van der Waals surface area contributed by atoms with Gasteiger partial charge in [-0.15, -0.1) is 0 Å². The normalized spacial score (nSPS) is 26.1. The maximum atomic E-state index is 9.85. The number of methoxy groups -OCH3 is 1. The number of piperidine rings is 1. The number of para-hydroxylation sites is 1. The SMILES string of the molecule is COC1CN(c2ccccc2[C@H](C)O)CCC1C. The molecular weight excluding hydrogens is 226 g/mol. The summed E-state index contributed by atoms with van der Waals surface area (Å²) < 4.78 is 5.55. The summed E-state index contributed by atoms with van der Waals surface area (Å²) in [4.78, 5) is 2.33. The standard InChI is InChI=1S/C15H23NO2/c1-11-8-9-16(10-15(11)18-3)14-7-5-4-6-13(14)12(2)17/h4-7,11-12,15,17H,8-10H2,1-3H3/t11?,12-,15?/m0/s1. The molecule has 2 unspecified atom stereocenters. The van der Waals surface area contributed by atoms with E-state index < -0.39 is 6.10 Å². The van der Waals surface area contributed by atoms with Crippen molar-refractivity contribution in [3.63, 3.8) is 0 Å². The monoisotopic (exact) mass is 249 g/mol. The predicted octanol–water partition coefficient (Wildman–Crippen LogP) is 2.60. The molecule has 0 bridgehead atoms. The Labute approximate surface area is 109 Å². The number of aliphatic hydroxyl groups excluding tert-OH is 1. The van der Waals surface area contributed by atoms with Crippen LogP contribution in [0.2, 0.25) is 0 Å². The van der Waals surface area contributed by atoms with Crippen LogP contribution in [0, 0.1) is 5.92 Å². The summed E-state index contributed by atoms with van der Waals surface area (Å²) in [6.45, 7) is 6.00. The molecule has 0 saturated carbocycles. The minimum atomic E-state index is -0.429. The van der Waals surface area contributed by atoms with Crippen LogP contribution in [-0.2, 0) is 4.74 Å². The van der Waals surface area contributed by atoms with Crippen LogP contribution < -0.4 is 4.90 Å². The van der Waals surface area contributed by atoms with Crippen LogP contribution in [0.1, 0.15) is 31.9 Å². The van der Waals surface area contributed by atoms with Gasteiger partial charge in [-0.2, -0.15) is 0 Å². The van der Waals surface area contributed by atoms with E-state index in [9.17, 15) is 5.11 Å². The van der Waals surface area contributed by atoms with Gasteiger partial charge in [-0.25, -0.2) is 0 Å². The van der Waals surface area contributed by atoms with Crippen LogP contribution in [0.5, 0.6) is 0 Å². The largest absolute Gasteiger partial charge is 0.389 e. The third kappa shape index (κ3) is 2.68. The smallest absolute Gasteiger partial charge is 0.0781 e. The minimum Gasteiger partial charge on any atom is -0.389 e. The van der Waals surface area contributed by atoms with Crippen LogP contribution in [0.25, 0.3) is 0 Å². The molecule has 2 rings (SSSR count). The predicted molar refractivity (Wildman–Crippen MR) is 73.9 cm³/mol. The van der Waals surface area contributed by atoms with E-state index in [2.05, 4.69) is 17.9 Å². The van der Waals surface area contributed by atoms with Gasteiger partial charge in [0.05, 0.1) is 12.2 Å². The Morgan fingerprint density at radius 1 is 1.39 bits per heavy atom. The topological polar surface area (TPSA) is 32.7 Å². The van der Waals surface area contributed by atoms with Crippen molar-refractivity contribution in [1.29, 1.82) is 0 Å². The molecule has 0 amide bonds. The third-order valence-electron chi connectivity index (χ3n) is 3.92. The molecule has 1 N–H and O–H groups in total. The highest BCUT2D eigenvalue weighted by molar-refractivity contribution is 5.55. The van der Waals surface area contributed by atoms with Gasteiger partial charge in [0.15, 0.2) is 0 Å². The number of nitrogens with zero attached hydrogens (tertiary/aromatic N) is 1. The number of anilines is 1. The summed E-state index contributed by atoms with van der Waals surface area (Å²) in [6, 6.07) is 8.09. The number of hydrogen-bond donors (Lipinski definition) is 1. The van der Waals surface area contributed by atoms with Crippen molar-refractivity contribution in [2.24, 2.45) is 5.92 Å². The van der Waals surface area contributed by atoms with E-state index in [1.165, 1.54) is 0 Å². The number of ether oxygens (including phenoxy) is 1. The lowest BCUT2D eigenvalue weighted by Gasteiger charge is -2.38. The molecule has 0 aliphatic carbocycles. The molecule has 1 aliphatic heterocycles. The summed E-state index contributed by atoms with van der Waals surface area (Å²) in [5, 5.41) is 9.85. The van der Waals surface area contributed by atoms with E-state index in [-0.39, 0.29) is 6.10 Å². The summed E-state index contributed by atoms with van der Waals surface area (Å²) >= 11 is 0. The van der Waals surface area contributed by atoms with Crippen LogP contribution in [0.4, 0.5) is 5.69 Å². The van der Waals surface area contributed by atoms with Gasteiger partial charge >= 0.3 is 0 Å². The third-order valence-corrected chi connectivity index (χ3v) is 3.92. The second-order valence-electron chi connectivity index (χ2n) is 5.22. The van der Waals surface area contributed by atoms with E-state index in [0.717, 1.165) is 30.8 Å². The fourth-order valence-corrected chi connectivity index (χ4v) is 2.69. The second kappa shape index (κ2) is 5.72. The van der Waals surface area contributed by atoms with Crippen molar-refractivity contribution in [3.8, 4) is 0 Å². The van der Waals surface area contributed by atoms with Crippen LogP contribution in [0.3, 0.4) is 0 Å². The molecule has 0 spiro atoms. The molecule has 0 radical (unpaired) electrons. The Kier molecular flexibility index (Phi) is 4.25. The highest BCUT2D eigenvalue weighted by Crippen LogP contribution is 2.30. The zero-order valence-corrected chi connectivity index (χ0v) is 11.5.